The first-order chi connectivity index (χ1) is 14.0. The van der Waals surface area contributed by atoms with Crippen molar-refractivity contribution in [2.24, 2.45) is 5.92 Å². The highest BCUT2D eigenvalue weighted by Gasteiger charge is 2.41. The third-order valence-electron chi connectivity index (χ3n) is 5.36. The zero-order valence-electron chi connectivity index (χ0n) is 15.6. The van der Waals surface area contributed by atoms with E-state index in [1.807, 2.05) is 12.2 Å². The molecule has 0 radical (unpaired) electrons. The minimum absolute atomic E-state index is 0.0811. The van der Waals surface area contributed by atoms with Crippen LogP contribution >= 0.6 is 0 Å². The number of ether oxygens (including phenoxy) is 2. The Morgan fingerprint density at radius 2 is 1.90 bits per heavy atom. The minimum Gasteiger partial charge on any atom is -0.480 e. The van der Waals surface area contributed by atoms with Crippen LogP contribution in [0.25, 0.3) is 0 Å². The molecule has 29 heavy (non-hydrogen) atoms. The van der Waals surface area contributed by atoms with Gasteiger partial charge in [-0.25, -0.2) is 14.4 Å². The van der Waals surface area contributed by atoms with Gasteiger partial charge in [-0.1, -0.05) is 24.3 Å². The van der Waals surface area contributed by atoms with E-state index < -0.39 is 23.9 Å². The summed E-state index contributed by atoms with van der Waals surface area (Å²) in [5.74, 6) is -2.17. The lowest BCUT2D eigenvalue weighted by atomic mass is 9.79. The number of aliphatic carboxylic acids is 1. The zero-order chi connectivity index (χ0) is 20.5. The largest absolute Gasteiger partial charge is 0.480 e. The van der Waals surface area contributed by atoms with E-state index in [9.17, 15) is 19.5 Å². The number of carboxylic acids is 1. The Hall–Kier alpha value is -3.61. The second-order valence-electron chi connectivity index (χ2n) is 6.99. The molecule has 7 nitrogen and oxygen atoms in total. The van der Waals surface area contributed by atoms with Crippen LogP contribution in [0.3, 0.4) is 0 Å². The summed E-state index contributed by atoms with van der Waals surface area (Å²) in [6, 6.07) is 10.7. The summed E-state index contributed by atoms with van der Waals surface area (Å²) in [7, 11) is 1.26. The third-order valence-corrected chi connectivity index (χ3v) is 5.36. The average molecular weight is 393 g/mol. The van der Waals surface area contributed by atoms with Crippen molar-refractivity contribution in [3.05, 3.63) is 71.3 Å². The first-order valence-electron chi connectivity index (χ1n) is 9.19. The maximum absolute atomic E-state index is 12.7. The summed E-state index contributed by atoms with van der Waals surface area (Å²) in [5, 5.41) is 12.6. The number of hydrogen-bond acceptors (Lipinski definition) is 6. The van der Waals surface area contributed by atoms with Crippen LogP contribution in [0.2, 0.25) is 0 Å². The smallest absolute Gasteiger partial charge is 0.343 e. The second-order valence-corrected chi connectivity index (χ2v) is 6.99. The number of para-hydroxylation sites is 1. The number of esters is 2. The fourth-order valence-corrected chi connectivity index (χ4v) is 3.96. The van der Waals surface area contributed by atoms with Gasteiger partial charge in [0.2, 0.25) is 0 Å². The molecule has 7 heteroatoms. The van der Waals surface area contributed by atoms with Crippen molar-refractivity contribution in [1.82, 2.24) is 0 Å². The molecule has 3 atom stereocenters. The topological polar surface area (TPSA) is 102 Å². The molecule has 0 bridgehead atoms. The predicted octanol–water partition coefficient (Wildman–Crippen LogP) is 3.23. The number of carbonyl (C=O) groups is 3. The molecule has 0 saturated carbocycles. The fraction of sp³-hybridized carbons (Fsp3) is 0.227. The van der Waals surface area contributed by atoms with Crippen LogP contribution in [0, 0.1) is 5.92 Å². The summed E-state index contributed by atoms with van der Waals surface area (Å²) in [6.45, 7) is 0. The molecule has 0 aromatic heterocycles. The van der Waals surface area contributed by atoms with Crippen LogP contribution < -0.4 is 10.1 Å². The van der Waals surface area contributed by atoms with Crippen molar-refractivity contribution in [3.8, 4) is 5.75 Å². The lowest BCUT2D eigenvalue weighted by Crippen LogP contribution is -2.41. The molecule has 2 aromatic carbocycles. The van der Waals surface area contributed by atoms with Crippen molar-refractivity contribution < 1.29 is 29.0 Å². The molecule has 0 fully saturated rings. The lowest BCUT2D eigenvalue weighted by molar-refractivity contribution is -0.139. The first kappa shape index (κ1) is 18.7. The third kappa shape index (κ3) is 3.35. The molecule has 148 valence electrons. The molecule has 2 aliphatic rings. The number of methoxy groups -OCH3 is 1. The van der Waals surface area contributed by atoms with Gasteiger partial charge in [0.15, 0.2) is 0 Å². The molecule has 2 aromatic rings. The highest BCUT2D eigenvalue weighted by atomic mass is 16.5. The van der Waals surface area contributed by atoms with Crippen LogP contribution in [-0.2, 0) is 9.53 Å². The van der Waals surface area contributed by atoms with E-state index in [1.165, 1.54) is 19.2 Å². The van der Waals surface area contributed by atoms with Gasteiger partial charge in [-0.05, 0) is 42.3 Å². The number of nitrogens with one attached hydrogen (secondary N) is 1. The minimum atomic E-state index is -0.891. The van der Waals surface area contributed by atoms with Gasteiger partial charge in [0, 0.05) is 17.5 Å². The number of benzene rings is 2. The molecule has 1 heterocycles. The number of hydrogen-bond donors (Lipinski definition) is 2. The molecular weight excluding hydrogens is 374 g/mol. The van der Waals surface area contributed by atoms with Crippen LogP contribution in [0.15, 0.2) is 54.6 Å². The Balaban J connectivity index is 1.63. The Morgan fingerprint density at radius 3 is 2.66 bits per heavy atom. The van der Waals surface area contributed by atoms with Crippen LogP contribution in [0.4, 0.5) is 5.69 Å². The van der Waals surface area contributed by atoms with E-state index in [4.69, 9.17) is 9.47 Å². The van der Waals surface area contributed by atoms with E-state index in [2.05, 4.69) is 5.32 Å². The fourth-order valence-electron chi connectivity index (χ4n) is 3.96. The second kappa shape index (κ2) is 7.43. The van der Waals surface area contributed by atoms with E-state index in [-0.39, 0.29) is 23.1 Å². The molecular formula is C22H19NO6. The lowest BCUT2D eigenvalue weighted by Gasteiger charge is -2.34. The Bertz CT molecular complexity index is 1030. The Labute approximate surface area is 166 Å². The molecule has 2 N–H and O–H groups in total. The Kier molecular flexibility index (Phi) is 4.80. The van der Waals surface area contributed by atoms with Gasteiger partial charge in [0.1, 0.15) is 17.4 Å². The monoisotopic (exact) mass is 393 g/mol. The number of carbonyl (C=O) groups excluding carboxylic acids is 2. The van der Waals surface area contributed by atoms with E-state index >= 15 is 0 Å². The molecule has 1 aliphatic carbocycles. The van der Waals surface area contributed by atoms with Crippen molar-refractivity contribution in [1.29, 1.82) is 0 Å². The summed E-state index contributed by atoms with van der Waals surface area (Å²) < 4.78 is 10.2. The summed E-state index contributed by atoms with van der Waals surface area (Å²) in [6.07, 6.45) is 4.62. The van der Waals surface area contributed by atoms with Gasteiger partial charge in [-0.3, -0.25) is 0 Å². The maximum Gasteiger partial charge on any atom is 0.343 e. The van der Waals surface area contributed by atoms with Gasteiger partial charge in [-0.15, -0.1) is 0 Å². The SMILES string of the molecule is COC(=O)c1ccccc1OC(=O)c1ccc2c(c1)[C@@H]1C=CC[C@@H]1[C@H](C(=O)O)N2. The normalized spacial score (nSPS) is 21.5. The molecule has 0 saturated heterocycles. The molecule has 4 rings (SSSR count). The predicted molar refractivity (Wildman–Crippen MR) is 104 cm³/mol. The number of rotatable bonds is 4. The van der Waals surface area contributed by atoms with Gasteiger partial charge in [0.25, 0.3) is 0 Å². The van der Waals surface area contributed by atoms with Gasteiger partial charge < -0.3 is 19.9 Å². The highest BCUT2D eigenvalue weighted by molar-refractivity contribution is 5.96. The van der Waals surface area contributed by atoms with Crippen LogP contribution in [0.5, 0.6) is 5.75 Å². The van der Waals surface area contributed by atoms with E-state index in [1.54, 1.807) is 30.3 Å². The van der Waals surface area contributed by atoms with Crippen molar-refractivity contribution in [2.75, 3.05) is 12.4 Å². The molecule has 1 aliphatic heterocycles. The van der Waals surface area contributed by atoms with Crippen LogP contribution in [-0.4, -0.2) is 36.2 Å². The van der Waals surface area contributed by atoms with Gasteiger partial charge in [-0.2, -0.15) is 0 Å². The van der Waals surface area contributed by atoms with Gasteiger partial charge in [0.05, 0.1) is 12.7 Å². The molecule has 0 spiro atoms. The number of carboxylic acid groups (broad SMARTS) is 1. The zero-order valence-corrected chi connectivity index (χ0v) is 15.6. The number of allylic oxidation sites excluding steroid dienone is 2. The average Bonchev–Trinajstić information content (AvgIpc) is 3.22. The van der Waals surface area contributed by atoms with E-state index in [0.717, 1.165) is 5.56 Å². The van der Waals surface area contributed by atoms with Crippen LogP contribution in [0.1, 0.15) is 38.6 Å². The van der Waals surface area contributed by atoms with Crippen molar-refractivity contribution in [2.45, 2.75) is 18.4 Å². The molecule has 0 unspecified atom stereocenters. The molecule has 0 amide bonds. The maximum atomic E-state index is 12.7. The first-order valence-corrected chi connectivity index (χ1v) is 9.19. The van der Waals surface area contributed by atoms with Crippen molar-refractivity contribution in [3.63, 3.8) is 0 Å². The highest BCUT2D eigenvalue weighted by Crippen LogP contribution is 2.44. The summed E-state index contributed by atoms with van der Waals surface area (Å²) >= 11 is 0. The van der Waals surface area contributed by atoms with Crippen molar-refractivity contribution >= 4 is 23.6 Å². The number of fused-ring (bicyclic) bond motifs is 3. The van der Waals surface area contributed by atoms with E-state index in [0.29, 0.717) is 17.7 Å². The quantitative estimate of drug-likeness (QED) is 0.467. The standard InChI is InChI=1S/C22H19NO6/c1-28-22(27)15-5-2-3-8-18(15)29-21(26)12-9-10-17-16(11-12)13-6-4-7-14(13)19(23-17)20(24)25/h2-6,8-11,13-14,19,23H,7H2,1H3,(H,24,25)/t13-,14+,19-/m1/s1. The summed E-state index contributed by atoms with van der Waals surface area (Å²) in [4.78, 5) is 36.2. The Morgan fingerprint density at radius 1 is 1.10 bits per heavy atom. The van der Waals surface area contributed by atoms with Gasteiger partial charge >= 0.3 is 17.9 Å². The number of anilines is 1. The summed E-state index contributed by atoms with van der Waals surface area (Å²) in [5.41, 5.74) is 2.03.